The van der Waals surface area contributed by atoms with Crippen LogP contribution in [0.15, 0.2) is 85.0 Å². The molecule has 2 aromatic carbocycles. The van der Waals surface area contributed by atoms with Crippen LogP contribution < -0.4 is 0 Å². The Morgan fingerprint density at radius 3 is 2.31 bits per heavy atom. The second-order valence-corrected chi connectivity index (χ2v) is 11.5. The van der Waals surface area contributed by atoms with Crippen molar-refractivity contribution in [3.8, 4) is 11.8 Å². The lowest BCUT2D eigenvalue weighted by Gasteiger charge is -2.46. The second-order valence-electron chi connectivity index (χ2n) is 11.5. The lowest BCUT2D eigenvalue weighted by atomic mass is 9.63. The maximum Gasteiger partial charge on any atom is 0.338 e. The van der Waals surface area contributed by atoms with E-state index in [9.17, 15) is 4.79 Å². The molecule has 204 valence electrons. The summed E-state index contributed by atoms with van der Waals surface area (Å²) in [5, 5.41) is 0. The van der Waals surface area contributed by atoms with Crippen LogP contribution in [0.5, 0.6) is 0 Å². The van der Waals surface area contributed by atoms with Crippen molar-refractivity contribution in [1.82, 2.24) is 0 Å². The summed E-state index contributed by atoms with van der Waals surface area (Å²) < 4.78 is 18.4. The third-order valence-electron chi connectivity index (χ3n) is 8.76. The molecule has 1 saturated heterocycles. The van der Waals surface area contributed by atoms with Crippen molar-refractivity contribution < 1.29 is 19.0 Å². The molecular formula is C35H40O4. The van der Waals surface area contributed by atoms with Crippen molar-refractivity contribution in [3.05, 3.63) is 96.1 Å². The SMILES string of the molecule is CC1(/C=C/C=C/C(CC2(CC#Cc3ccccc3)CCC2)OC(=O)c2ccccc2)CCCCC12OCCO2. The van der Waals surface area contributed by atoms with E-state index in [2.05, 4.69) is 30.9 Å². The minimum atomic E-state index is -0.512. The highest BCUT2D eigenvalue weighted by atomic mass is 16.7. The van der Waals surface area contributed by atoms with Crippen molar-refractivity contribution in [2.45, 2.75) is 76.6 Å². The van der Waals surface area contributed by atoms with E-state index in [1.165, 1.54) is 12.8 Å². The van der Waals surface area contributed by atoms with Gasteiger partial charge >= 0.3 is 5.97 Å². The fraction of sp³-hybridized carbons (Fsp3) is 0.457. The number of rotatable bonds is 8. The van der Waals surface area contributed by atoms with Crippen LogP contribution in [0.2, 0.25) is 0 Å². The third kappa shape index (κ3) is 6.55. The Morgan fingerprint density at radius 1 is 0.923 bits per heavy atom. The predicted molar refractivity (Wildman–Crippen MR) is 154 cm³/mol. The van der Waals surface area contributed by atoms with E-state index < -0.39 is 5.79 Å². The van der Waals surface area contributed by atoms with E-state index >= 15 is 0 Å². The van der Waals surface area contributed by atoms with Crippen molar-refractivity contribution >= 4 is 5.97 Å². The predicted octanol–water partition coefficient (Wildman–Crippen LogP) is 7.65. The molecule has 0 N–H and O–H groups in total. The van der Waals surface area contributed by atoms with Crippen LogP contribution in [-0.4, -0.2) is 31.1 Å². The zero-order valence-corrected chi connectivity index (χ0v) is 23.1. The number of allylic oxidation sites excluding steroid dienone is 2. The molecule has 3 aliphatic rings. The van der Waals surface area contributed by atoms with Gasteiger partial charge in [0, 0.05) is 23.8 Å². The lowest BCUT2D eigenvalue weighted by Crippen LogP contribution is -2.48. The monoisotopic (exact) mass is 524 g/mol. The molecule has 3 fully saturated rings. The standard InChI is InChI=1S/C35H40O4/c1-33(21-10-11-25-35(33)37-26-27-38-35)20-9-8-19-31(39-32(36)30-17-6-3-7-18-30)28-34(23-13-24-34)22-12-16-29-14-4-2-5-15-29/h2-9,14-15,17-20,31H,10-11,13,21-28H2,1H3/b19-8+,20-9+. The van der Waals surface area contributed by atoms with Gasteiger partial charge in [-0.15, -0.1) is 0 Å². The van der Waals surface area contributed by atoms with Gasteiger partial charge in [-0.3, -0.25) is 0 Å². The molecule has 2 atom stereocenters. The van der Waals surface area contributed by atoms with E-state index in [-0.39, 0.29) is 22.9 Å². The smallest absolute Gasteiger partial charge is 0.338 e. The quantitative estimate of drug-likeness (QED) is 0.202. The largest absolute Gasteiger partial charge is 0.455 e. The molecule has 2 aromatic rings. The molecule has 0 aromatic heterocycles. The van der Waals surface area contributed by atoms with E-state index in [1.807, 2.05) is 60.7 Å². The van der Waals surface area contributed by atoms with E-state index in [4.69, 9.17) is 14.2 Å². The Hall–Kier alpha value is -3.13. The highest BCUT2D eigenvalue weighted by molar-refractivity contribution is 5.89. The highest BCUT2D eigenvalue weighted by Gasteiger charge is 2.52. The molecule has 2 unspecified atom stereocenters. The van der Waals surface area contributed by atoms with Gasteiger partial charge in [0.15, 0.2) is 5.79 Å². The molecule has 0 bridgehead atoms. The number of esters is 1. The van der Waals surface area contributed by atoms with Gasteiger partial charge in [0.1, 0.15) is 6.10 Å². The molecule has 4 heteroatoms. The number of carbonyl (C=O) groups is 1. The van der Waals surface area contributed by atoms with E-state index in [1.54, 1.807) is 12.1 Å². The fourth-order valence-corrected chi connectivity index (χ4v) is 6.26. The number of hydrogen-bond acceptors (Lipinski definition) is 4. The molecule has 39 heavy (non-hydrogen) atoms. The first-order valence-electron chi connectivity index (χ1n) is 14.5. The van der Waals surface area contributed by atoms with E-state index in [0.29, 0.717) is 18.8 Å². The van der Waals surface area contributed by atoms with Gasteiger partial charge in [-0.05, 0) is 67.9 Å². The van der Waals surface area contributed by atoms with Gasteiger partial charge < -0.3 is 14.2 Å². The zero-order valence-electron chi connectivity index (χ0n) is 23.1. The third-order valence-corrected chi connectivity index (χ3v) is 8.76. The maximum atomic E-state index is 13.0. The summed E-state index contributed by atoms with van der Waals surface area (Å²) in [5.74, 6) is 5.94. The molecule has 1 aliphatic heterocycles. The maximum absolute atomic E-state index is 13.0. The number of benzene rings is 2. The van der Waals surface area contributed by atoms with Crippen molar-refractivity contribution in [1.29, 1.82) is 0 Å². The topological polar surface area (TPSA) is 44.8 Å². The van der Waals surface area contributed by atoms with Gasteiger partial charge in [0.2, 0.25) is 0 Å². The van der Waals surface area contributed by atoms with Gasteiger partial charge in [0.05, 0.1) is 18.8 Å². The van der Waals surface area contributed by atoms with Crippen molar-refractivity contribution in [2.24, 2.45) is 10.8 Å². The number of ether oxygens (including phenoxy) is 3. The molecule has 2 aliphatic carbocycles. The minimum Gasteiger partial charge on any atom is -0.455 e. The zero-order chi connectivity index (χ0) is 27.0. The summed E-state index contributed by atoms with van der Waals surface area (Å²) in [6.45, 7) is 3.56. The van der Waals surface area contributed by atoms with Crippen LogP contribution in [0.1, 0.15) is 80.6 Å². The summed E-state index contributed by atoms with van der Waals surface area (Å²) >= 11 is 0. The molecule has 2 saturated carbocycles. The first-order valence-corrected chi connectivity index (χ1v) is 14.5. The fourth-order valence-electron chi connectivity index (χ4n) is 6.26. The Balaban J connectivity index is 1.31. The Labute approximate surface area is 233 Å². The van der Waals surface area contributed by atoms with Crippen LogP contribution in [-0.2, 0) is 14.2 Å². The number of carbonyl (C=O) groups excluding carboxylic acids is 1. The summed E-state index contributed by atoms with van der Waals surface area (Å²) in [6, 6.07) is 19.4. The molecular weight excluding hydrogens is 484 g/mol. The van der Waals surface area contributed by atoms with Crippen LogP contribution in [0.3, 0.4) is 0 Å². The van der Waals surface area contributed by atoms with Crippen molar-refractivity contribution in [3.63, 3.8) is 0 Å². The second kappa shape index (κ2) is 12.4. The molecule has 1 spiro atoms. The van der Waals surface area contributed by atoms with Gasteiger partial charge in [0.25, 0.3) is 0 Å². The molecule has 1 heterocycles. The summed E-state index contributed by atoms with van der Waals surface area (Å²) in [7, 11) is 0. The Bertz CT molecular complexity index is 1210. The lowest BCUT2D eigenvalue weighted by molar-refractivity contribution is -0.235. The molecule has 5 rings (SSSR count). The average molecular weight is 525 g/mol. The van der Waals surface area contributed by atoms with Crippen LogP contribution in [0.4, 0.5) is 0 Å². The Morgan fingerprint density at radius 2 is 1.62 bits per heavy atom. The summed E-state index contributed by atoms with van der Waals surface area (Å²) in [4.78, 5) is 13.0. The van der Waals surface area contributed by atoms with Gasteiger partial charge in [-0.1, -0.05) is 86.2 Å². The number of hydrogen-bond donors (Lipinski definition) is 0. The van der Waals surface area contributed by atoms with Crippen LogP contribution >= 0.6 is 0 Å². The van der Waals surface area contributed by atoms with Crippen LogP contribution in [0, 0.1) is 22.7 Å². The van der Waals surface area contributed by atoms with Gasteiger partial charge in [-0.25, -0.2) is 4.79 Å². The molecule has 0 radical (unpaired) electrons. The normalized spacial score (nSPS) is 24.2. The average Bonchev–Trinajstić information content (AvgIpc) is 3.42. The minimum absolute atomic E-state index is 0.0718. The Kier molecular flexibility index (Phi) is 8.70. The summed E-state index contributed by atoms with van der Waals surface area (Å²) in [5.41, 5.74) is 1.51. The molecule has 0 amide bonds. The molecule has 4 nitrogen and oxygen atoms in total. The van der Waals surface area contributed by atoms with Crippen molar-refractivity contribution in [2.75, 3.05) is 13.2 Å². The first kappa shape index (κ1) is 27.4. The van der Waals surface area contributed by atoms with E-state index in [0.717, 1.165) is 50.5 Å². The highest BCUT2D eigenvalue weighted by Crippen LogP contribution is 2.50. The van der Waals surface area contributed by atoms with Crippen LogP contribution in [0.25, 0.3) is 0 Å². The van der Waals surface area contributed by atoms with Gasteiger partial charge in [-0.2, -0.15) is 0 Å². The first-order chi connectivity index (χ1) is 19.0. The summed E-state index contributed by atoms with van der Waals surface area (Å²) in [6.07, 6.45) is 17.3.